The Hall–Kier alpha value is -3.67. The van der Waals surface area contributed by atoms with Gasteiger partial charge in [0.1, 0.15) is 29.6 Å². The van der Waals surface area contributed by atoms with E-state index in [-0.39, 0.29) is 32.7 Å². The Morgan fingerprint density at radius 2 is 1.93 bits per heavy atom. The molecular weight excluding hydrogens is 559 g/mol. The van der Waals surface area contributed by atoms with Crippen molar-refractivity contribution in [3.8, 4) is 0 Å². The highest BCUT2D eigenvalue weighted by molar-refractivity contribution is 5.91. The van der Waals surface area contributed by atoms with E-state index in [2.05, 4.69) is 17.5 Å². The number of amides is 4. The van der Waals surface area contributed by atoms with E-state index in [4.69, 9.17) is 19.9 Å². The lowest BCUT2D eigenvalue weighted by molar-refractivity contribution is -0.140. The number of nitrogens with zero attached hydrogens (tertiary/aromatic N) is 2. The molecule has 0 radical (unpaired) electrons. The van der Waals surface area contributed by atoms with Crippen molar-refractivity contribution < 1.29 is 37.8 Å². The first-order valence-corrected chi connectivity index (χ1v) is 14.9. The Morgan fingerprint density at radius 3 is 2.60 bits per heavy atom. The van der Waals surface area contributed by atoms with Gasteiger partial charge < -0.3 is 30.2 Å². The molecule has 236 valence electrons. The van der Waals surface area contributed by atoms with Gasteiger partial charge in [0.25, 0.3) is 0 Å². The number of carbonyl (C=O) groups excluding carboxylic acids is 4. The lowest BCUT2D eigenvalue weighted by atomic mass is 10.1. The van der Waals surface area contributed by atoms with Gasteiger partial charge >= 0.3 is 12.2 Å². The maximum absolute atomic E-state index is 14.2. The topological polar surface area (TPSA) is 140 Å². The largest absolute Gasteiger partial charge is 0.444 e. The quantitative estimate of drug-likeness (QED) is 0.274. The summed E-state index contributed by atoms with van der Waals surface area (Å²) in [5, 5.41) is 2.56. The number of likely N-dealkylation sites (tertiary alicyclic amines) is 1. The summed E-state index contributed by atoms with van der Waals surface area (Å²) in [6, 6.07) is 2.45. The molecule has 1 aromatic rings. The second kappa shape index (κ2) is 14.2. The minimum atomic E-state index is -1.16. The molecule has 2 heterocycles. The van der Waals surface area contributed by atoms with Crippen LogP contribution in [-0.4, -0.2) is 77.3 Å². The Kier molecular flexibility index (Phi) is 10.6. The van der Waals surface area contributed by atoms with Gasteiger partial charge in [0.2, 0.25) is 11.8 Å². The number of allylic oxidation sites excluding steroid dienone is 2. The number of nitrogens with two attached hydrogens (primary N) is 1. The van der Waals surface area contributed by atoms with E-state index in [0.29, 0.717) is 17.7 Å². The van der Waals surface area contributed by atoms with Gasteiger partial charge in [-0.1, -0.05) is 24.3 Å². The summed E-state index contributed by atoms with van der Waals surface area (Å²) in [7, 11) is 0. The van der Waals surface area contributed by atoms with Gasteiger partial charge in [-0.15, -0.1) is 0 Å². The molecule has 4 rings (SSSR count). The number of primary amides is 1. The Morgan fingerprint density at radius 1 is 1.16 bits per heavy atom. The minimum Gasteiger partial charge on any atom is -0.444 e. The highest BCUT2D eigenvalue weighted by atomic mass is 19.1. The van der Waals surface area contributed by atoms with E-state index < -0.39 is 53.6 Å². The number of alkyl carbamates (subject to hydrolysis) is 1. The molecule has 3 atom stereocenters. The number of fused-ring (bicyclic) bond motifs is 1. The molecule has 2 fully saturated rings. The van der Waals surface area contributed by atoms with Crippen LogP contribution in [0.1, 0.15) is 70.4 Å². The van der Waals surface area contributed by atoms with Crippen LogP contribution in [0.5, 0.6) is 0 Å². The van der Waals surface area contributed by atoms with E-state index in [1.54, 1.807) is 32.9 Å². The lowest BCUT2D eigenvalue weighted by Crippen LogP contribution is -2.55. The molecule has 0 spiro atoms. The number of rotatable bonds is 12. The smallest absolute Gasteiger partial charge is 0.410 e. The Bertz CT molecular complexity index is 1210. The van der Waals surface area contributed by atoms with Crippen LogP contribution >= 0.6 is 0 Å². The summed E-state index contributed by atoms with van der Waals surface area (Å²) in [5.41, 5.74) is 5.96. The summed E-state index contributed by atoms with van der Waals surface area (Å²) < 4.78 is 30.9. The first kappa shape index (κ1) is 32.2. The second-order valence-corrected chi connectivity index (χ2v) is 12.5. The first-order valence-electron chi connectivity index (χ1n) is 14.9. The molecule has 2 aliphatic heterocycles. The number of halogens is 1. The average molecular weight is 603 g/mol. The Balaban J connectivity index is 1.35. The first-order chi connectivity index (χ1) is 20.4. The summed E-state index contributed by atoms with van der Waals surface area (Å²) >= 11 is 0. The fraction of sp³-hybridized carbons (Fsp3) is 0.613. The number of unbranched alkanes of at least 4 members (excludes halogenated alkanes) is 1. The zero-order chi connectivity index (χ0) is 31.1. The van der Waals surface area contributed by atoms with E-state index in [1.165, 1.54) is 28.7 Å². The monoisotopic (exact) mass is 602 g/mol. The molecule has 3 N–H and O–H groups in total. The van der Waals surface area contributed by atoms with Crippen LogP contribution in [0.25, 0.3) is 0 Å². The third-order valence-electron chi connectivity index (χ3n) is 7.59. The number of benzene rings is 1. The van der Waals surface area contributed by atoms with Crippen molar-refractivity contribution in [2.75, 3.05) is 19.8 Å². The molecule has 1 saturated carbocycles. The van der Waals surface area contributed by atoms with Crippen molar-refractivity contribution in [1.29, 1.82) is 0 Å². The molecule has 43 heavy (non-hydrogen) atoms. The van der Waals surface area contributed by atoms with E-state index in [0.717, 1.165) is 25.2 Å². The normalized spacial score (nSPS) is 20.7. The van der Waals surface area contributed by atoms with Gasteiger partial charge in [0.05, 0.1) is 19.7 Å². The average Bonchev–Trinajstić information content (AvgIpc) is 3.47. The summed E-state index contributed by atoms with van der Waals surface area (Å²) in [6.07, 6.45) is 7.29. The van der Waals surface area contributed by atoms with Crippen LogP contribution in [0.15, 0.2) is 30.4 Å². The number of ether oxygens (including phenoxy) is 3. The van der Waals surface area contributed by atoms with Gasteiger partial charge in [-0.05, 0) is 70.4 Å². The van der Waals surface area contributed by atoms with Gasteiger partial charge in [-0.2, -0.15) is 0 Å². The van der Waals surface area contributed by atoms with Gasteiger partial charge in [0.15, 0.2) is 0 Å². The minimum absolute atomic E-state index is 0.00479. The van der Waals surface area contributed by atoms with E-state index in [1.807, 2.05) is 0 Å². The van der Waals surface area contributed by atoms with Crippen molar-refractivity contribution in [2.24, 2.45) is 11.7 Å². The van der Waals surface area contributed by atoms with E-state index in [9.17, 15) is 23.6 Å². The third-order valence-corrected chi connectivity index (χ3v) is 7.59. The fourth-order valence-corrected chi connectivity index (χ4v) is 5.21. The van der Waals surface area contributed by atoms with Crippen LogP contribution in [0.4, 0.5) is 14.0 Å². The summed E-state index contributed by atoms with van der Waals surface area (Å²) in [5.74, 6) is -0.932. The van der Waals surface area contributed by atoms with Gasteiger partial charge in [0, 0.05) is 25.1 Å². The number of nitrogens with one attached hydrogen (secondary N) is 1. The summed E-state index contributed by atoms with van der Waals surface area (Å²) in [4.78, 5) is 54.1. The molecule has 0 bridgehead atoms. The molecule has 11 nitrogen and oxygen atoms in total. The number of hydrogen-bond acceptors (Lipinski definition) is 7. The molecule has 0 unspecified atom stereocenters. The summed E-state index contributed by atoms with van der Waals surface area (Å²) in [6.45, 7) is 5.47. The number of hydrogen-bond donors (Lipinski definition) is 2. The van der Waals surface area contributed by atoms with Crippen LogP contribution in [0.3, 0.4) is 0 Å². The van der Waals surface area contributed by atoms with Gasteiger partial charge in [-0.25, -0.2) is 14.0 Å². The van der Waals surface area contributed by atoms with Crippen LogP contribution in [0.2, 0.25) is 0 Å². The zero-order valence-corrected chi connectivity index (χ0v) is 25.2. The SMILES string of the molecule is CC(C)(C)OC(=O)N[C@@H](COCCC/C=C\CC1CC1)C(=O)N1C[C@H](OC(=O)N2Cc3cccc(F)c3C2)C[C@H]1C(N)=O. The molecule has 1 aliphatic carbocycles. The standard InChI is InChI=1S/C31H43FN4O7/c1-31(2,3)43-29(39)34-25(19-41-14-7-5-4-6-9-20-12-13-20)28(38)36-17-22(15-26(36)27(33)37)42-30(40)35-16-21-10-8-11-24(32)23(21)18-35/h4,6,8,10-11,20,22,25-26H,5,7,9,12-19H2,1-3H3,(H2,33,37)(H,34,39)/b6-4-/t22-,25+,26+/m1/s1. The maximum Gasteiger partial charge on any atom is 0.410 e. The molecule has 1 saturated heterocycles. The van der Waals surface area contributed by atoms with Crippen molar-refractivity contribution in [3.63, 3.8) is 0 Å². The van der Waals surface area contributed by atoms with Crippen LogP contribution in [-0.2, 0) is 36.9 Å². The second-order valence-electron chi connectivity index (χ2n) is 12.5. The van der Waals surface area contributed by atoms with Crippen molar-refractivity contribution in [2.45, 2.75) is 96.2 Å². The predicted molar refractivity (Wildman–Crippen MR) is 155 cm³/mol. The molecule has 0 aromatic heterocycles. The zero-order valence-electron chi connectivity index (χ0n) is 25.2. The maximum atomic E-state index is 14.2. The highest BCUT2D eigenvalue weighted by Gasteiger charge is 2.44. The van der Waals surface area contributed by atoms with Crippen molar-refractivity contribution in [1.82, 2.24) is 15.1 Å². The molecule has 1 aromatic carbocycles. The third kappa shape index (κ3) is 9.41. The fourth-order valence-electron chi connectivity index (χ4n) is 5.21. The number of carbonyl (C=O) groups is 4. The highest BCUT2D eigenvalue weighted by Crippen LogP contribution is 2.32. The van der Waals surface area contributed by atoms with E-state index >= 15 is 0 Å². The van der Waals surface area contributed by atoms with Crippen LogP contribution < -0.4 is 11.1 Å². The van der Waals surface area contributed by atoms with Crippen LogP contribution in [0, 0.1) is 11.7 Å². The van der Waals surface area contributed by atoms with Gasteiger partial charge in [-0.3, -0.25) is 14.5 Å². The molecule has 12 heteroatoms. The molecule has 3 aliphatic rings. The molecule has 4 amide bonds. The Labute approximate surface area is 251 Å². The van der Waals surface area contributed by atoms with Crippen molar-refractivity contribution in [3.05, 3.63) is 47.3 Å². The predicted octanol–water partition coefficient (Wildman–Crippen LogP) is 3.78. The lowest BCUT2D eigenvalue weighted by Gasteiger charge is -2.28. The van der Waals surface area contributed by atoms with Crippen molar-refractivity contribution >= 4 is 24.0 Å². The molecular formula is C31H43FN4O7.